The highest BCUT2D eigenvalue weighted by molar-refractivity contribution is 5.83. The molecule has 0 bridgehead atoms. The van der Waals surface area contributed by atoms with Gasteiger partial charge in [0.05, 0.1) is 12.5 Å². The van der Waals surface area contributed by atoms with E-state index in [0.29, 0.717) is 24.3 Å². The van der Waals surface area contributed by atoms with Crippen molar-refractivity contribution >= 4 is 5.78 Å². The molecule has 2 rings (SSSR count). The molecular weight excluding hydrogens is 276 g/mol. The summed E-state index contributed by atoms with van der Waals surface area (Å²) in [5.74, 6) is 1.59. The molecule has 0 radical (unpaired) electrons. The molecule has 0 amide bonds. The lowest BCUT2D eigenvalue weighted by Crippen LogP contribution is -2.06. The molecule has 3 nitrogen and oxygen atoms in total. The summed E-state index contributed by atoms with van der Waals surface area (Å²) in [6, 6.07) is 14.8. The molecule has 0 aromatic heterocycles. The molecule has 2 aromatic carbocycles. The highest BCUT2D eigenvalue weighted by atomic mass is 16.5. The van der Waals surface area contributed by atoms with Gasteiger partial charge in [-0.25, -0.2) is 0 Å². The van der Waals surface area contributed by atoms with Crippen LogP contribution >= 0.6 is 0 Å². The summed E-state index contributed by atoms with van der Waals surface area (Å²) < 4.78 is 10.3. The highest BCUT2D eigenvalue weighted by Crippen LogP contribution is 2.15. The monoisotopic (exact) mass is 294 g/mol. The Morgan fingerprint density at radius 1 is 0.773 bits per heavy atom. The van der Waals surface area contributed by atoms with Gasteiger partial charge in [-0.05, 0) is 35.4 Å². The SMILES string of the molecule is C=COc1ccc(CC(=O)Cc2ccc(OC=C)cc2)cc1. The number of Topliss-reactive ketones (excluding diaryl/α,β-unsaturated/α-hetero) is 1. The second kappa shape index (κ2) is 7.84. The van der Waals surface area contributed by atoms with E-state index in [2.05, 4.69) is 13.2 Å². The first-order chi connectivity index (χ1) is 10.7. The molecule has 112 valence electrons. The van der Waals surface area contributed by atoms with Crippen molar-refractivity contribution in [2.45, 2.75) is 12.8 Å². The summed E-state index contributed by atoms with van der Waals surface area (Å²) in [5.41, 5.74) is 1.93. The van der Waals surface area contributed by atoms with Crippen molar-refractivity contribution in [2.75, 3.05) is 0 Å². The Balaban J connectivity index is 1.91. The van der Waals surface area contributed by atoms with Gasteiger partial charge >= 0.3 is 0 Å². The average Bonchev–Trinajstić information content (AvgIpc) is 2.52. The van der Waals surface area contributed by atoms with Crippen LogP contribution in [-0.4, -0.2) is 5.78 Å². The molecule has 2 aromatic rings. The summed E-state index contributed by atoms with van der Waals surface area (Å²) in [7, 11) is 0. The van der Waals surface area contributed by atoms with E-state index >= 15 is 0 Å². The predicted octanol–water partition coefficient (Wildman–Crippen LogP) is 4.09. The third kappa shape index (κ3) is 4.63. The number of rotatable bonds is 8. The lowest BCUT2D eigenvalue weighted by atomic mass is 10.0. The molecule has 0 atom stereocenters. The van der Waals surface area contributed by atoms with Crippen molar-refractivity contribution in [3.05, 3.63) is 85.3 Å². The summed E-state index contributed by atoms with van der Waals surface area (Å²) in [6.45, 7) is 7.00. The Bertz CT molecular complexity index is 582. The van der Waals surface area contributed by atoms with E-state index in [4.69, 9.17) is 9.47 Å². The maximum Gasteiger partial charge on any atom is 0.141 e. The van der Waals surface area contributed by atoms with Crippen molar-refractivity contribution in [2.24, 2.45) is 0 Å². The average molecular weight is 294 g/mol. The maximum absolute atomic E-state index is 12.1. The number of carbonyl (C=O) groups excluding carboxylic acids is 1. The number of ketones is 1. The number of carbonyl (C=O) groups is 1. The van der Waals surface area contributed by atoms with E-state index in [1.54, 1.807) is 0 Å². The molecule has 3 heteroatoms. The number of ether oxygens (including phenoxy) is 2. The largest absolute Gasteiger partial charge is 0.466 e. The fourth-order valence-corrected chi connectivity index (χ4v) is 2.08. The molecule has 0 aliphatic rings. The van der Waals surface area contributed by atoms with Crippen LogP contribution < -0.4 is 9.47 Å². The summed E-state index contributed by atoms with van der Waals surface area (Å²) in [6.07, 6.45) is 3.55. The lowest BCUT2D eigenvalue weighted by molar-refractivity contribution is -0.117. The standard InChI is InChI=1S/C19H18O3/c1-3-21-18-9-5-15(6-10-18)13-17(20)14-16-7-11-19(12-8-16)22-4-2/h3-12H,1-2,13-14H2. The second-order valence-corrected chi connectivity index (χ2v) is 4.75. The predicted molar refractivity (Wildman–Crippen MR) is 86.9 cm³/mol. The fraction of sp³-hybridized carbons (Fsp3) is 0.105. The van der Waals surface area contributed by atoms with Crippen LogP contribution in [-0.2, 0) is 17.6 Å². The van der Waals surface area contributed by atoms with Gasteiger partial charge in [0.15, 0.2) is 0 Å². The van der Waals surface area contributed by atoms with Crippen LogP contribution in [0.5, 0.6) is 11.5 Å². The van der Waals surface area contributed by atoms with Gasteiger partial charge in [0, 0.05) is 12.8 Å². The first-order valence-corrected chi connectivity index (χ1v) is 6.96. The molecule has 0 N–H and O–H groups in total. The minimum absolute atomic E-state index is 0.162. The Hall–Kier alpha value is -2.81. The number of hydrogen-bond donors (Lipinski definition) is 0. The quantitative estimate of drug-likeness (QED) is 0.688. The van der Waals surface area contributed by atoms with Crippen molar-refractivity contribution < 1.29 is 14.3 Å². The molecule has 0 saturated carbocycles. The van der Waals surface area contributed by atoms with Crippen LogP contribution in [0.1, 0.15) is 11.1 Å². The lowest BCUT2D eigenvalue weighted by Gasteiger charge is -2.05. The molecule has 0 heterocycles. The Kier molecular flexibility index (Phi) is 5.55. The minimum Gasteiger partial charge on any atom is -0.466 e. The number of benzene rings is 2. The molecule has 0 saturated heterocycles. The van der Waals surface area contributed by atoms with E-state index in [1.165, 1.54) is 12.5 Å². The zero-order chi connectivity index (χ0) is 15.8. The molecular formula is C19H18O3. The highest BCUT2D eigenvalue weighted by Gasteiger charge is 2.06. The zero-order valence-electron chi connectivity index (χ0n) is 12.3. The van der Waals surface area contributed by atoms with Crippen LogP contribution in [0, 0.1) is 0 Å². The van der Waals surface area contributed by atoms with E-state index in [9.17, 15) is 4.79 Å². The minimum atomic E-state index is 0.162. The van der Waals surface area contributed by atoms with E-state index < -0.39 is 0 Å². The van der Waals surface area contributed by atoms with E-state index in [1.807, 2.05) is 48.5 Å². The van der Waals surface area contributed by atoms with Crippen LogP contribution in [0.15, 0.2) is 74.2 Å². The van der Waals surface area contributed by atoms with Gasteiger partial charge in [-0.1, -0.05) is 37.4 Å². The van der Waals surface area contributed by atoms with Gasteiger partial charge in [0.2, 0.25) is 0 Å². The molecule has 0 unspecified atom stereocenters. The van der Waals surface area contributed by atoms with Crippen molar-refractivity contribution in [1.82, 2.24) is 0 Å². The van der Waals surface area contributed by atoms with Gasteiger partial charge in [0.25, 0.3) is 0 Å². The first kappa shape index (κ1) is 15.6. The Morgan fingerprint density at radius 2 is 1.14 bits per heavy atom. The van der Waals surface area contributed by atoms with E-state index in [-0.39, 0.29) is 5.78 Å². The summed E-state index contributed by atoms with van der Waals surface area (Å²) in [5, 5.41) is 0. The maximum atomic E-state index is 12.1. The van der Waals surface area contributed by atoms with Gasteiger partial charge in [-0.2, -0.15) is 0 Å². The number of hydrogen-bond acceptors (Lipinski definition) is 3. The van der Waals surface area contributed by atoms with Gasteiger partial charge in [-0.3, -0.25) is 4.79 Å². The van der Waals surface area contributed by atoms with Crippen molar-refractivity contribution in [1.29, 1.82) is 0 Å². The van der Waals surface area contributed by atoms with Crippen LogP contribution in [0.25, 0.3) is 0 Å². The fourth-order valence-electron chi connectivity index (χ4n) is 2.08. The zero-order valence-corrected chi connectivity index (χ0v) is 12.3. The van der Waals surface area contributed by atoms with Crippen LogP contribution in [0.3, 0.4) is 0 Å². The Morgan fingerprint density at radius 3 is 1.45 bits per heavy atom. The smallest absolute Gasteiger partial charge is 0.141 e. The van der Waals surface area contributed by atoms with E-state index in [0.717, 1.165) is 11.1 Å². The van der Waals surface area contributed by atoms with Gasteiger partial charge in [-0.15, -0.1) is 0 Å². The van der Waals surface area contributed by atoms with Gasteiger partial charge in [0.1, 0.15) is 17.3 Å². The van der Waals surface area contributed by atoms with Crippen LogP contribution in [0.2, 0.25) is 0 Å². The Labute approximate surface area is 130 Å². The topological polar surface area (TPSA) is 35.5 Å². The molecule has 0 aliphatic carbocycles. The van der Waals surface area contributed by atoms with Crippen LogP contribution in [0.4, 0.5) is 0 Å². The molecule has 0 spiro atoms. The second-order valence-electron chi connectivity index (χ2n) is 4.75. The third-order valence-corrected chi connectivity index (χ3v) is 3.09. The summed E-state index contributed by atoms with van der Waals surface area (Å²) >= 11 is 0. The van der Waals surface area contributed by atoms with Gasteiger partial charge < -0.3 is 9.47 Å². The first-order valence-electron chi connectivity index (χ1n) is 6.96. The third-order valence-electron chi connectivity index (χ3n) is 3.09. The van der Waals surface area contributed by atoms with Crippen molar-refractivity contribution in [3.8, 4) is 11.5 Å². The van der Waals surface area contributed by atoms with Crippen molar-refractivity contribution in [3.63, 3.8) is 0 Å². The molecule has 0 aliphatic heterocycles. The molecule has 22 heavy (non-hydrogen) atoms. The normalized spacial score (nSPS) is 9.82. The molecule has 0 fully saturated rings. The summed E-state index contributed by atoms with van der Waals surface area (Å²) in [4.78, 5) is 12.1.